The summed E-state index contributed by atoms with van der Waals surface area (Å²) in [5.74, 6) is -0.350. The fourth-order valence-electron chi connectivity index (χ4n) is 1.46. The summed E-state index contributed by atoms with van der Waals surface area (Å²) < 4.78 is 14.6. The van der Waals surface area contributed by atoms with Crippen LogP contribution in [0.4, 0.5) is 4.39 Å². The van der Waals surface area contributed by atoms with Gasteiger partial charge < -0.3 is 0 Å². The lowest BCUT2D eigenvalue weighted by molar-refractivity contribution is 0.630. The largest absolute Gasteiger partial charge is 0.206 e. The summed E-state index contributed by atoms with van der Waals surface area (Å²) in [6.07, 6.45) is 0. The minimum atomic E-state index is -0.350. The third-order valence-electron chi connectivity index (χ3n) is 2.21. The fraction of sp³-hybridized carbons (Fsp3) is 0. The number of halogens is 5. The van der Waals surface area contributed by atoms with Crippen LogP contribution in [-0.4, -0.2) is 0 Å². The van der Waals surface area contributed by atoms with E-state index < -0.39 is 0 Å². The van der Waals surface area contributed by atoms with Crippen LogP contribution in [0.25, 0.3) is 11.1 Å². The summed E-state index contributed by atoms with van der Waals surface area (Å²) in [5, 5.41) is 1.04. The molecule has 0 nitrogen and oxygen atoms in total. The van der Waals surface area contributed by atoms with Gasteiger partial charge in [-0.2, -0.15) is 0 Å². The quantitative estimate of drug-likeness (QED) is 0.403. The second-order valence-electron chi connectivity index (χ2n) is 3.37. The molecule has 0 saturated carbocycles. The molecular formula is C12H5Cl3FI. The first-order chi connectivity index (χ1) is 7.99. The number of hydrogen-bond acceptors (Lipinski definition) is 0. The molecular weight excluding hydrogens is 396 g/mol. The van der Waals surface area contributed by atoms with Gasteiger partial charge in [-0.3, -0.25) is 0 Å². The Kier molecular flexibility index (Phi) is 4.18. The average Bonchev–Trinajstić information content (AvgIpc) is 2.24. The predicted molar refractivity (Wildman–Crippen MR) is 79.6 cm³/mol. The summed E-state index contributed by atoms with van der Waals surface area (Å²) in [7, 11) is 0. The van der Waals surface area contributed by atoms with Crippen LogP contribution in [0.15, 0.2) is 30.3 Å². The van der Waals surface area contributed by atoms with E-state index in [9.17, 15) is 4.39 Å². The Morgan fingerprint density at radius 2 is 1.65 bits per heavy atom. The van der Waals surface area contributed by atoms with Crippen LogP contribution < -0.4 is 0 Å². The Morgan fingerprint density at radius 3 is 2.29 bits per heavy atom. The van der Waals surface area contributed by atoms with E-state index in [0.717, 1.165) is 3.57 Å². The molecule has 0 aliphatic heterocycles. The first-order valence-corrected chi connectivity index (χ1v) is 6.80. The highest BCUT2D eigenvalue weighted by atomic mass is 127. The lowest BCUT2D eigenvalue weighted by Gasteiger charge is -2.08. The van der Waals surface area contributed by atoms with Crippen LogP contribution in [0.2, 0.25) is 15.1 Å². The Labute approximate surface area is 127 Å². The van der Waals surface area contributed by atoms with E-state index in [1.54, 1.807) is 18.2 Å². The van der Waals surface area contributed by atoms with Crippen LogP contribution in [0.1, 0.15) is 0 Å². The average molecular weight is 401 g/mol. The number of benzene rings is 2. The van der Waals surface area contributed by atoms with Crippen molar-refractivity contribution in [3.63, 3.8) is 0 Å². The van der Waals surface area contributed by atoms with Gasteiger partial charge in [-0.05, 0) is 46.9 Å². The summed E-state index contributed by atoms with van der Waals surface area (Å²) in [4.78, 5) is 0. The topological polar surface area (TPSA) is 0 Å². The molecule has 2 aromatic rings. The highest BCUT2D eigenvalue weighted by molar-refractivity contribution is 14.1. The molecule has 5 heteroatoms. The van der Waals surface area contributed by atoms with Crippen molar-refractivity contribution in [1.29, 1.82) is 0 Å². The zero-order valence-corrected chi connectivity index (χ0v) is 12.7. The standard InChI is InChI=1S/C12H5Cl3FI/c13-6-3-9(12(15)10(14)4-6)8-2-1-7(17)5-11(8)16/h1-5H. The Hall–Kier alpha value is -0.0300. The van der Waals surface area contributed by atoms with E-state index in [4.69, 9.17) is 34.8 Å². The van der Waals surface area contributed by atoms with Gasteiger partial charge >= 0.3 is 0 Å². The molecule has 0 aliphatic carbocycles. The molecule has 88 valence electrons. The maximum absolute atomic E-state index is 13.8. The molecule has 0 bridgehead atoms. The maximum atomic E-state index is 13.8. The van der Waals surface area contributed by atoms with Crippen LogP contribution >= 0.6 is 57.4 Å². The predicted octanol–water partition coefficient (Wildman–Crippen LogP) is 6.06. The van der Waals surface area contributed by atoms with Gasteiger partial charge in [0, 0.05) is 19.7 Å². The van der Waals surface area contributed by atoms with Crippen molar-refractivity contribution in [3.05, 3.63) is 54.8 Å². The van der Waals surface area contributed by atoms with Gasteiger partial charge in [-0.15, -0.1) is 0 Å². The molecule has 0 aromatic heterocycles. The van der Waals surface area contributed by atoms with Gasteiger partial charge in [0.05, 0.1) is 10.0 Å². The van der Waals surface area contributed by atoms with Crippen molar-refractivity contribution in [2.45, 2.75) is 0 Å². The molecule has 0 heterocycles. The molecule has 0 amide bonds. The smallest absolute Gasteiger partial charge is 0.132 e. The van der Waals surface area contributed by atoms with Gasteiger partial charge in [-0.1, -0.05) is 40.9 Å². The molecule has 0 N–H and O–H groups in total. The van der Waals surface area contributed by atoms with Gasteiger partial charge in [0.2, 0.25) is 0 Å². The van der Waals surface area contributed by atoms with E-state index >= 15 is 0 Å². The maximum Gasteiger partial charge on any atom is 0.132 e. The third-order valence-corrected chi connectivity index (χ3v) is 3.91. The lowest BCUT2D eigenvalue weighted by atomic mass is 10.1. The van der Waals surface area contributed by atoms with Crippen LogP contribution in [-0.2, 0) is 0 Å². The lowest BCUT2D eigenvalue weighted by Crippen LogP contribution is -1.87. The number of hydrogen-bond donors (Lipinski definition) is 0. The first-order valence-electron chi connectivity index (χ1n) is 4.59. The molecule has 2 aromatic carbocycles. The minimum Gasteiger partial charge on any atom is -0.206 e. The second-order valence-corrected chi connectivity index (χ2v) is 5.84. The number of rotatable bonds is 1. The highest BCUT2D eigenvalue weighted by Crippen LogP contribution is 2.37. The normalized spacial score (nSPS) is 10.6. The molecule has 2 rings (SSSR count). The molecule has 0 radical (unpaired) electrons. The Morgan fingerprint density at radius 1 is 0.941 bits per heavy atom. The SMILES string of the molecule is Fc1cc(I)ccc1-c1cc(Cl)cc(Cl)c1Cl. The Bertz CT molecular complexity index is 584. The molecule has 0 unspecified atom stereocenters. The highest BCUT2D eigenvalue weighted by Gasteiger charge is 2.13. The molecule has 0 aliphatic rings. The molecule has 0 atom stereocenters. The minimum absolute atomic E-state index is 0.302. The Balaban J connectivity index is 2.68. The van der Waals surface area contributed by atoms with E-state index in [1.165, 1.54) is 12.1 Å². The summed E-state index contributed by atoms with van der Waals surface area (Å²) in [6.45, 7) is 0. The summed E-state index contributed by atoms with van der Waals surface area (Å²) >= 11 is 19.9. The third kappa shape index (κ3) is 2.87. The fourth-order valence-corrected chi connectivity index (χ4v) is 2.62. The van der Waals surface area contributed by atoms with E-state index in [-0.39, 0.29) is 5.82 Å². The van der Waals surface area contributed by atoms with Crippen molar-refractivity contribution < 1.29 is 4.39 Å². The summed E-state index contributed by atoms with van der Waals surface area (Å²) in [5.41, 5.74) is 0.887. The van der Waals surface area contributed by atoms with Crippen molar-refractivity contribution in [2.24, 2.45) is 0 Å². The van der Waals surface area contributed by atoms with E-state index in [1.807, 2.05) is 22.6 Å². The van der Waals surface area contributed by atoms with E-state index in [2.05, 4.69) is 0 Å². The molecule has 17 heavy (non-hydrogen) atoms. The van der Waals surface area contributed by atoms with Crippen molar-refractivity contribution in [2.75, 3.05) is 0 Å². The zero-order valence-electron chi connectivity index (χ0n) is 8.28. The van der Waals surface area contributed by atoms with Crippen molar-refractivity contribution >= 4 is 57.4 Å². The molecule has 0 spiro atoms. The van der Waals surface area contributed by atoms with Gasteiger partial charge in [0.1, 0.15) is 5.82 Å². The van der Waals surface area contributed by atoms with Gasteiger partial charge in [0.15, 0.2) is 0 Å². The van der Waals surface area contributed by atoms with Crippen molar-refractivity contribution in [3.8, 4) is 11.1 Å². The monoisotopic (exact) mass is 400 g/mol. The first kappa shape index (κ1) is 13.4. The van der Waals surface area contributed by atoms with Crippen LogP contribution in [0.5, 0.6) is 0 Å². The summed E-state index contributed by atoms with van der Waals surface area (Å²) in [6, 6.07) is 8.01. The van der Waals surface area contributed by atoms with Crippen molar-refractivity contribution in [1.82, 2.24) is 0 Å². The molecule has 0 saturated heterocycles. The molecule has 0 fully saturated rings. The second kappa shape index (κ2) is 5.31. The van der Waals surface area contributed by atoms with Gasteiger partial charge in [0.25, 0.3) is 0 Å². The van der Waals surface area contributed by atoms with Crippen LogP contribution in [0, 0.1) is 9.39 Å². The van der Waals surface area contributed by atoms with Gasteiger partial charge in [-0.25, -0.2) is 4.39 Å². The van der Waals surface area contributed by atoms with Crippen LogP contribution in [0.3, 0.4) is 0 Å². The zero-order chi connectivity index (χ0) is 12.6. The van der Waals surface area contributed by atoms with E-state index in [0.29, 0.717) is 26.2 Å².